The molecule has 0 heterocycles. The number of unbranched alkanes of at least 4 members (excludes halogenated alkanes) is 1. The van der Waals surface area contributed by atoms with E-state index in [2.05, 4.69) is 6.92 Å². The van der Waals surface area contributed by atoms with Crippen molar-refractivity contribution in [2.45, 2.75) is 19.8 Å². The van der Waals surface area contributed by atoms with Crippen molar-refractivity contribution in [2.75, 3.05) is 18.1 Å². The fraction of sp³-hybridized carbons (Fsp3) is 0.250. The maximum Gasteiger partial charge on any atom is 0.119 e. The molecular formula is C16H19ClN2O. The minimum absolute atomic E-state index is 0.511. The van der Waals surface area contributed by atoms with Gasteiger partial charge in [-0.05, 0) is 36.2 Å². The van der Waals surface area contributed by atoms with Crippen molar-refractivity contribution >= 4 is 23.0 Å². The van der Waals surface area contributed by atoms with Crippen LogP contribution in [0, 0.1) is 0 Å². The highest BCUT2D eigenvalue weighted by Crippen LogP contribution is 2.37. The topological polar surface area (TPSA) is 61.3 Å². The fourth-order valence-corrected chi connectivity index (χ4v) is 2.23. The van der Waals surface area contributed by atoms with Gasteiger partial charge in [-0.25, -0.2) is 0 Å². The zero-order valence-corrected chi connectivity index (χ0v) is 12.3. The Morgan fingerprint density at radius 3 is 2.40 bits per heavy atom. The fourth-order valence-electron chi connectivity index (χ4n) is 1.95. The van der Waals surface area contributed by atoms with Crippen LogP contribution < -0.4 is 16.2 Å². The number of nitrogens with two attached hydrogens (primary N) is 2. The van der Waals surface area contributed by atoms with Gasteiger partial charge in [0.2, 0.25) is 0 Å². The average Bonchev–Trinajstić information content (AvgIpc) is 2.45. The van der Waals surface area contributed by atoms with Gasteiger partial charge in [-0.15, -0.1) is 0 Å². The normalized spacial score (nSPS) is 10.5. The van der Waals surface area contributed by atoms with E-state index in [1.807, 2.05) is 24.3 Å². The summed E-state index contributed by atoms with van der Waals surface area (Å²) in [6.07, 6.45) is 2.17. The van der Waals surface area contributed by atoms with Crippen LogP contribution in [0.15, 0.2) is 36.4 Å². The third kappa shape index (κ3) is 3.17. The standard InChI is InChI=1S/C16H19ClN2O/c1-2-3-10-20-12-6-4-11(5-7-12)15-13(17)8-9-14(18)16(15)19/h4-9H,2-3,10,18-19H2,1H3. The van der Waals surface area contributed by atoms with Crippen LogP contribution in [0.5, 0.6) is 5.75 Å². The molecule has 106 valence electrons. The monoisotopic (exact) mass is 290 g/mol. The maximum absolute atomic E-state index is 6.21. The average molecular weight is 291 g/mol. The van der Waals surface area contributed by atoms with Crippen molar-refractivity contribution < 1.29 is 4.74 Å². The van der Waals surface area contributed by atoms with Crippen molar-refractivity contribution in [3.63, 3.8) is 0 Å². The van der Waals surface area contributed by atoms with Crippen molar-refractivity contribution in [3.05, 3.63) is 41.4 Å². The summed E-state index contributed by atoms with van der Waals surface area (Å²) >= 11 is 6.21. The lowest BCUT2D eigenvalue weighted by Crippen LogP contribution is -1.98. The van der Waals surface area contributed by atoms with Gasteiger partial charge in [-0.1, -0.05) is 37.1 Å². The molecule has 2 aromatic carbocycles. The Labute approximate surface area is 124 Å². The van der Waals surface area contributed by atoms with Crippen LogP contribution in [0.4, 0.5) is 11.4 Å². The molecule has 0 saturated heterocycles. The number of hydrogen-bond acceptors (Lipinski definition) is 3. The van der Waals surface area contributed by atoms with E-state index in [0.717, 1.165) is 36.3 Å². The Morgan fingerprint density at radius 1 is 1.05 bits per heavy atom. The molecule has 0 atom stereocenters. The van der Waals surface area contributed by atoms with Gasteiger partial charge in [0.25, 0.3) is 0 Å². The smallest absolute Gasteiger partial charge is 0.119 e. The van der Waals surface area contributed by atoms with E-state index in [4.69, 9.17) is 27.8 Å². The van der Waals surface area contributed by atoms with Crippen LogP contribution in [0.2, 0.25) is 5.02 Å². The quantitative estimate of drug-likeness (QED) is 0.635. The molecule has 3 nitrogen and oxygen atoms in total. The van der Waals surface area contributed by atoms with Crippen LogP contribution in [0.25, 0.3) is 11.1 Å². The van der Waals surface area contributed by atoms with E-state index in [-0.39, 0.29) is 0 Å². The van der Waals surface area contributed by atoms with Crippen molar-refractivity contribution in [3.8, 4) is 16.9 Å². The summed E-state index contributed by atoms with van der Waals surface area (Å²) in [5, 5.41) is 0.594. The van der Waals surface area contributed by atoms with Crippen LogP contribution in [-0.4, -0.2) is 6.61 Å². The Morgan fingerprint density at radius 2 is 1.75 bits per heavy atom. The van der Waals surface area contributed by atoms with Crippen LogP contribution in [-0.2, 0) is 0 Å². The summed E-state index contributed by atoms with van der Waals surface area (Å²) in [5.74, 6) is 0.848. The van der Waals surface area contributed by atoms with Gasteiger partial charge in [0.05, 0.1) is 23.0 Å². The highest BCUT2D eigenvalue weighted by atomic mass is 35.5. The van der Waals surface area contributed by atoms with Gasteiger partial charge in [0.15, 0.2) is 0 Å². The molecule has 2 rings (SSSR count). The lowest BCUT2D eigenvalue weighted by Gasteiger charge is -2.12. The molecule has 0 aromatic heterocycles. The van der Waals surface area contributed by atoms with E-state index < -0.39 is 0 Å². The second kappa shape index (κ2) is 6.53. The minimum Gasteiger partial charge on any atom is -0.494 e. The van der Waals surface area contributed by atoms with E-state index in [1.165, 1.54) is 0 Å². The van der Waals surface area contributed by atoms with E-state index in [1.54, 1.807) is 12.1 Å². The van der Waals surface area contributed by atoms with Gasteiger partial charge in [0, 0.05) is 5.56 Å². The SMILES string of the molecule is CCCCOc1ccc(-c2c(Cl)ccc(N)c2N)cc1. The molecule has 0 spiro atoms. The Kier molecular flexibility index (Phi) is 4.74. The Bertz CT molecular complexity index is 582. The summed E-state index contributed by atoms with van der Waals surface area (Å²) in [6, 6.07) is 11.2. The first-order chi connectivity index (χ1) is 9.63. The van der Waals surface area contributed by atoms with Gasteiger partial charge < -0.3 is 16.2 Å². The molecule has 2 aromatic rings. The van der Waals surface area contributed by atoms with Crippen LogP contribution >= 0.6 is 11.6 Å². The summed E-state index contributed by atoms with van der Waals surface area (Å²) < 4.78 is 5.63. The lowest BCUT2D eigenvalue weighted by molar-refractivity contribution is 0.309. The largest absolute Gasteiger partial charge is 0.494 e. The van der Waals surface area contributed by atoms with Crippen molar-refractivity contribution in [1.29, 1.82) is 0 Å². The van der Waals surface area contributed by atoms with E-state index >= 15 is 0 Å². The first-order valence-corrected chi connectivity index (χ1v) is 7.08. The van der Waals surface area contributed by atoms with Gasteiger partial charge >= 0.3 is 0 Å². The predicted molar refractivity (Wildman–Crippen MR) is 86.1 cm³/mol. The highest BCUT2D eigenvalue weighted by molar-refractivity contribution is 6.34. The van der Waals surface area contributed by atoms with Crippen molar-refractivity contribution in [2.24, 2.45) is 0 Å². The van der Waals surface area contributed by atoms with Gasteiger partial charge in [0.1, 0.15) is 5.75 Å². The number of nitrogen functional groups attached to an aromatic ring is 2. The second-order valence-electron chi connectivity index (χ2n) is 4.65. The molecule has 4 N–H and O–H groups in total. The molecular weight excluding hydrogens is 272 g/mol. The summed E-state index contributed by atoms with van der Waals surface area (Å²) in [5.41, 5.74) is 14.6. The molecule has 0 aliphatic carbocycles. The Balaban J connectivity index is 2.24. The molecule has 0 amide bonds. The number of benzene rings is 2. The zero-order chi connectivity index (χ0) is 14.5. The molecule has 0 fully saturated rings. The van der Waals surface area contributed by atoms with Crippen LogP contribution in [0.1, 0.15) is 19.8 Å². The molecule has 0 saturated carbocycles. The van der Waals surface area contributed by atoms with Gasteiger partial charge in [-0.2, -0.15) is 0 Å². The minimum atomic E-state index is 0.511. The molecule has 0 aliphatic heterocycles. The predicted octanol–water partition coefficient (Wildman–Crippen LogP) is 4.35. The van der Waals surface area contributed by atoms with Gasteiger partial charge in [-0.3, -0.25) is 0 Å². The first-order valence-electron chi connectivity index (χ1n) is 6.70. The highest BCUT2D eigenvalue weighted by Gasteiger charge is 2.10. The number of rotatable bonds is 5. The Hall–Kier alpha value is -1.87. The number of anilines is 2. The van der Waals surface area contributed by atoms with Crippen molar-refractivity contribution in [1.82, 2.24) is 0 Å². The summed E-state index contributed by atoms with van der Waals surface area (Å²) in [4.78, 5) is 0. The number of hydrogen-bond donors (Lipinski definition) is 2. The third-order valence-electron chi connectivity index (χ3n) is 3.14. The number of ether oxygens (including phenoxy) is 1. The second-order valence-corrected chi connectivity index (χ2v) is 5.06. The first kappa shape index (κ1) is 14.5. The maximum atomic E-state index is 6.21. The molecule has 0 radical (unpaired) electrons. The molecule has 4 heteroatoms. The molecule has 0 unspecified atom stereocenters. The van der Waals surface area contributed by atoms with E-state index in [0.29, 0.717) is 16.4 Å². The van der Waals surface area contributed by atoms with Crippen LogP contribution in [0.3, 0.4) is 0 Å². The molecule has 20 heavy (non-hydrogen) atoms. The zero-order valence-electron chi connectivity index (χ0n) is 11.5. The molecule has 0 bridgehead atoms. The third-order valence-corrected chi connectivity index (χ3v) is 3.45. The summed E-state index contributed by atoms with van der Waals surface area (Å²) in [7, 11) is 0. The lowest BCUT2D eigenvalue weighted by atomic mass is 10.0. The molecule has 0 aliphatic rings. The summed E-state index contributed by atoms with van der Waals surface area (Å²) in [6.45, 7) is 2.87. The number of halogens is 1. The van der Waals surface area contributed by atoms with E-state index in [9.17, 15) is 0 Å².